The van der Waals surface area contributed by atoms with Crippen molar-refractivity contribution in [3.63, 3.8) is 0 Å². The van der Waals surface area contributed by atoms with Crippen LogP contribution in [0.4, 0.5) is 5.13 Å². The van der Waals surface area contributed by atoms with Crippen molar-refractivity contribution in [2.24, 2.45) is 0 Å². The molecule has 1 saturated heterocycles. The Bertz CT molecular complexity index is 1110. The van der Waals surface area contributed by atoms with Crippen molar-refractivity contribution >= 4 is 33.9 Å². The van der Waals surface area contributed by atoms with Crippen LogP contribution < -0.4 is 4.90 Å². The first-order valence-electron chi connectivity index (χ1n) is 9.11. The van der Waals surface area contributed by atoms with Crippen LogP contribution in [0.15, 0.2) is 54.4 Å². The average Bonchev–Trinajstić information content (AvgIpc) is 3.29. The van der Waals surface area contributed by atoms with E-state index in [4.69, 9.17) is 0 Å². The van der Waals surface area contributed by atoms with Gasteiger partial charge in [0.2, 0.25) is 5.13 Å². The molecule has 7 nitrogen and oxygen atoms in total. The highest BCUT2D eigenvalue weighted by atomic mass is 32.1. The van der Waals surface area contributed by atoms with Crippen LogP contribution in [0.1, 0.15) is 34.7 Å². The number of carbonyl (C=O) groups excluding carboxylic acids is 2. The predicted molar refractivity (Wildman–Crippen MR) is 109 cm³/mol. The molecule has 1 unspecified atom stereocenters. The van der Waals surface area contributed by atoms with Gasteiger partial charge in [-0.05, 0) is 36.6 Å². The first kappa shape index (κ1) is 18.9. The Morgan fingerprint density at radius 1 is 1.10 bits per heavy atom. The molecule has 0 spiro atoms. The number of benzene rings is 1. The van der Waals surface area contributed by atoms with Crippen LogP contribution in [0, 0.1) is 6.92 Å². The summed E-state index contributed by atoms with van der Waals surface area (Å²) in [6.07, 6.45) is 3.90. The Morgan fingerprint density at radius 3 is 2.38 bits per heavy atom. The highest BCUT2D eigenvalue weighted by Gasteiger charge is 2.48. The van der Waals surface area contributed by atoms with Crippen molar-refractivity contribution in [3.05, 3.63) is 76.1 Å². The summed E-state index contributed by atoms with van der Waals surface area (Å²) in [7, 11) is 0. The van der Waals surface area contributed by atoms with Gasteiger partial charge in [-0.25, -0.2) is 0 Å². The molecule has 3 heterocycles. The fraction of sp³-hybridized carbons (Fsp3) is 0.190. The van der Waals surface area contributed by atoms with E-state index in [2.05, 4.69) is 22.1 Å². The number of hydrogen-bond donors (Lipinski definition) is 1. The molecule has 8 heteroatoms. The molecule has 0 saturated carbocycles. The largest absolute Gasteiger partial charge is 0.507 e. The van der Waals surface area contributed by atoms with E-state index in [-0.39, 0.29) is 11.3 Å². The molecule has 29 heavy (non-hydrogen) atoms. The lowest BCUT2D eigenvalue weighted by Gasteiger charge is -2.22. The summed E-state index contributed by atoms with van der Waals surface area (Å²) in [6.45, 7) is 3.83. The number of carbonyl (C=O) groups is 2. The van der Waals surface area contributed by atoms with E-state index in [9.17, 15) is 14.7 Å². The quantitative estimate of drug-likeness (QED) is 0.405. The van der Waals surface area contributed by atoms with Crippen molar-refractivity contribution in [3.8, 4) is 0 Å². The highest BCUT2D eigenvalue weighted by molar-refractivity contribution is 7.15. The zero-order valence-corrected chi connectivity index (χ0v) is 16.7. The van der Waals surface area contributed by atoms with Crippen LogP contribution in [0.25, 0.3) is 5.76 Å². The molecule has 2 aromatic heterocycles. The van der Waals surface area contributed by atoms with Gasteiger partial charge in [-0.15, -0.1) is 10.2 Å². The van der Waals surface area contributed by atoms with Gasteiger partial charge >= 0.3 is 5.91 Å². The lowest BCUT2D eigenvalue weighted by Crippen LogP contribution is -2.29. The smallest absolute Gasteiger partial charge is 0.301 e. The number of hydrogen-bond acceptors (Lipinski definition) is 7. The molecule has 1 amide bonds. The molecule has 1 fully saturated rings. The van der Waals surface area contributed by atoms with Crippen LogP contribution in [-0.4, -0.2) is 32.0 Å². The molecule has 3 aromatic rings. The van der Waals surface area contributed by atoms with Gasteiger partial charge in [-0.2, -0.15) is 0 Å². The summed E-state index contributed by atoms with van der Waals surface area (Å²) in [5, 5.41) is 20.0. The summed E-state index contributed by atoms with van der Waals surface area (Å²) >= 11 is 1.22. The van der Waals surface area contributed by atoms with E-state index < -0.39 is 17.7 Å². The first-order chi connectivity index (χ1) is 14.0. The Kier molecular flexibility index (Phi) is 4.94. The maximum absolute atomic E-state index is 12.9. The zero-order chi connectivity index (χ0) is 20.5. The monoisotopic (exact) mass is 406 g/mol. The minimum absolute atomic E-state index is 0.0262. The Hall–Kier alpha value is -3.39. The van der Waals surface area contributed by atoms with Crippen LogP contribution in [0.5, 0.6) is 0 Å². The maximum Gasteiger partial charge on any atom is 0.301 e. The number of aryl methyl sites for hydroxylation is 2. The van der Waals surface area contributed by atoms with Gasteiger partial charge in [0.25, 0.3) is 5.78 Å². The second kappa shape index (κ2) is 7.56. The summed E-state index contributed by atoms with van der Waals surface area (Å²) in [6, 6.07) is 10.0. The van der Waals surface area contributed by atoms with E-state index in [0.29, 0.717) is 21.3 Å². The van der Waals surface area contributed by atoms with Gasteiger partial charge in [0.15, 0.2) is 0 Å². The van der Waals surface area contributed by atoms with E-state index in [1.54, 1.807) is 19.1 Å². The van der Waals surface area contributed by atoms with Gasteiger partial charge in [0.1, 0.15) is 10.8 Å². The molecule has 1 N–H and O–H groups in total. The molecule has 1 aliphatic rings. The number of amides is 1. The van der Waals surface area contributed by atoms with E-state index in [1.165, 1.54) is 28.6 Å². The maximum atomic E-state index is 12.9. The van der Waals surface area contributed by atoms with Crippen molar-refractivity contribution in [1.29, 1.82) is 0 Å². The number of pyridine rings is 1. The Balaban J connectivity index is 1.92. The normalized spacial score (nSPS) is 18.4. The fourth-order valence-electron chi connectivity index (χ4n) is 3.33. The number of anilines is 1. The lowest BCUT2D eigenvalue weighted by molar-refractivity contribution is -0.132. The van der Waals surface area contributed by atoms with Crippen LogP contribution in [0.2, 0.25) is 0 Å². The zero-order valence-electron chi connectivity index (χ0n) is 15.9. The number of ketones is 1. The highest BCUT2D eigenvalue weighted by Crippen LogP contribution is 2.42. The van der Waals surface area contributed by atoms with E-state index in [0.717, 1.165) is 12.0 Å². The van der Waals surface area contributed by atoms with Gasteiger partial charge in [-0.3, -0.25) is 19.5 Å². The average molecular weight is 406 g/mol. The lowest BCUT2D eigenvalue weighted by atomic mass is 9.95. The van der Waals surface area contributed by atoms with Gasteiger partial charge in [0.05, 0.1) is 11.6 Å². The SMILES string of the molecule is CCc1ccc(C2/C(=C(\O)c3ccncc3)C(=O)C(=O)N2c2nnc(C)s2)cc1. The second-order valence-corrected chi connectivity index (χ2v) is 7.76. The third-order valence-corrected chi connectivity index (χ3v) is 5.66. The van der Waals surface area contributed by atoms with Gasteiger partial charge < -0.3 is 5.11 Å². The number of Topliss-reactive ketones (excluding diaryl/α,β-unsaturated/α-hetero) is 1. The molecule has 4 rings (SSSR count). The standard InChI is InChI=1S/C21H18N4O3S/c1-3-13-4-6-14(7-5-13)17-16(18(26)15-8-10-22-11-9-15)19(27)20(28)25(17)21-24-23-12(2)29-21/h4-11,17,26H,3H2,1-2H3/b18-16+. The topological polar surface area (TPSA) is 96.3 Å². The van der Waals surface area contributed by atoms with Crippen LogP contribution in [-0.2, 0) is 16.0 Å². The summed E-state index contributed by atoms with van der Waals surface area (Å²) in [5.41, 5.74) is 2.29. The third kappa shape index (κ3) is 3.31. The number of aromatic nitrogens is 3. The number of aliphatic hydroxyl groups excluding tert-OH is 1. The fourth-order valence-corrected chi connectivity index (χ4v) is 4.04. The summed E-state index contributed by atoms with van der Waals surface area (Å²) < 4.78 is 0. The molecule has 1 aromatic carbocycles. The molecule has 0 bridgehead atoms. The van der Waals surface area contributed by atoms with Crippen molar-refractivity contribution < 1.29 is 14.7 Å². The van der Waals surface area contributed by atoms with E-state index >= 15 is 0 Å². The van der Waals surface area contributed by atoms with Crippen molar-refractivity contribution in [2.45, 2.75) is 26.3 Å². The number of nitrogens with zero attached hydrogens (tertiary/aromatic N) is 4. The van der Waals surface area contributed by atoms with E-state index in [1.807, 2.05) is 24.3 Å². The second-order valence-electron chi connectivity index (χ2n) is 6.60. The number of aliphatic hydroxyl groups is 1. The predicted octanol–water partition coefficient (Wildman–Crippen LogP) is 3.43. The molecule has 1 aliphatic heterocycles. The molecular formula is C21H18N4O3S. The number of rotatable bonds is 4. The minimum Gasteiger partial charge on any atom is -0.507 e. The molecular weight excluding hydrogens is 388 g/mol. The van der Waals surface area contributed by atoms with Gasteiger partial charge in [0, 0.05) is 18.0 Å². The Labute approximate surface area is 171 Å². The third-order valence-electron chi connectivity index (χ3n) is 4.82. The summed E-state index contributed by atoms with van der Waals surface area (Å²) in [4.78, 5) is 31.1. The molecule has 1 atom stereocenters. The first-order valence-corrected chi connectivity index (χ1v) is 9.93. The summed E-state index contributed by atoms with van der Waals surface area (Å²) in [5.74, 6) is -1.72. The Morgan fingerprint density at radius 2 is 1.79 bits per heavy atom. The molecule has 0 radical (unpaired) electrons. The van der Waals surface area contributed by atoms with Gasteiger partial charge in [-0.1, -0.05) is 42.5 Å². The molecule has 0 aliphatic carbocycles. The molecule has 146 valence electrons. The van der Waals surface area contributed by atoms with Crippen LogP contribution in [0.3, 0.4) is 0 Å². The minimum atomic E-state index is -0.790. The van der Waals surface area contributed by atoms with Crippen molar-refractivity contribution in [1.82, 2.24) is 15.2 Å². The van der Waals surface area contributed by atoms with Crippen molar-refractivity contribution in [2.75, 3.05) is 4.90 Å². The van der Waals surface area contributed by atoms with Crippen LogP contribution >= 0.6 is 11.3 Å².